The molecule has 0 atom stereocenters. The van der Waals surface area contributed by atoms with E-state index in [1.165, 1.54) is 37.2 Å². The molecule has 116 valence electrons. The molecule has 1 amide bonds. The van der Waals surface area contributed by atoms with Gasteiger partial charge in [-0.05, 0) is 18.8 Å². The average Bonchev–Trinajstić information content (AvgIpc) is 2.44. The largest absolute Gasteiger partial charge is 0.373 e. The Morgan fingerprint density at radius 3 is 2.50 bits per heavy atom. The van der Waals surface area contributed by atoms with Gasteiger partial charge < -0.3 is 10.1 Å². The Labute approximate surface area is 126 Å². The van der Waals surface area contributed by atoms with Gasteiger partial charge in [0, 0.05) is 19.2 Å². The van der Waals surface area contributed by atoms with E-state index < -0.39 is 0 Å². The highest BCUT2D eigenvalue weighted by Crippen LogP contribution is 2.05. The van der Waals surface area contributed by atoms with E-state index in [2.05, 4.69) is 12.2 Å². The van der Waals surface area contributed by atoms with E-state index in [9.17, 15) is 9.59 Å². The lowest BCUT2D eigenvalue weighted by Gasteiger charge is -2.02. The van der Waals surface area contributed by atoms with Gasteiger partial charge in [0.05, 0.1) is 0 Å². The smallest absolute Gasteiger partial charge is 0.244 e. The molecular weight excluding hydrogens is 274 g/mol. The number of carbonyl (C=O) groups excluding carboxylic acids is 2. The molecule has 0 unspecified atom stereocenters. The Bertz CT molecular complexity index is 293. The number of carbonyl (C=O) groups is 2. The summed E-state index contributed by atoms with van der Waals surface area (Å²) < 4.78 is 4.97. The molecule has 5 heteroatoms. The summed E-state index contributed by atoms with van der Waals surface area (Å²) in [6.45, 7) is 5.35. The molecule has 0 heterocycles. The zero-order chi connectivity index (χ0) is 15.1. The Hall–Kier alpha value is -0.810. The third-order valence-corrected chi connectivity index (χ3v) is 3.33. The van der Waals surface area contributed by atoms with Crippen molar-refractivity contribution in [2.24, 2.45) is 0 Å². The highest BCUT2D eigenvalue weighted by molar-refractivity contribution is 8.16. The van der Waals surface area contributed by atoms with Crippen LogP contribution in [0.2, 0.25) is 0 Å². The van der Waals surface area contributed by atoms with Crippen LogP contribution in [-0.4, -0.2) is 30.8 Å². The second-order valence-electron chi connectivity index (χ2n) is 4.49. The van der Waals surface area contributed by atoms with Crippen LogP contribution >= 0.6 is 11.8 Å². The molecule has 0 saturated carbocycles. The summed E-state index contributed by atoms with van der Waals surface area (Å²) >= 11 is 0.992. The monoisotopic (exact) mass is 301 g/mol. The standard InChI is InChI=1S/C15H27NO3S/c1-3-5-6-7-8-9-11-16-14(17)10-12-20-15(18)13-19-4-2/h10,12H,3-9,11,13H2,1-2H3,(H,16,17). The van der Waals surface area contributed by atoms with E-state index in [-0.39, 0.29) is 17.6 Å². The molecule has 0 spiro atoms. The van der Waals surface area contributed by atoms with Crippen LogP contribution < -0.4 is 5.32 Å². The Balaban J connectivity index is 3.46. The van der Waals surface area contributed by atoms with E-state index in [0.29, 0.717) is 13.2 Å². The number of rotatable bonds is 12. The zero-order valence-electron chi connectivity index (χ0n) is 12.7. The maximum absolute atomic E-state index is 11.4. The van der Waals surface area contributed by atoms with Crippen molar-refractivity contribution in [2.75, 3.05) is 19.8 Å². The number of ether oxygens (including phenoxy) is 1. The number of thioether (sulfide) groups is 1. The Kier molecular flexibility index (Phi) is 14.0. The first-order chi connectivity index (χ1) is 9.70. The van der Waals surface area contributed by atoms with Crippen molar-refractivity contribution in [3.05, 3.63) is 11.5 Å². The van der Waals surface area contributed by atoms with Crippen LogP contribution in [0.4, 0.5) is 0 Å². The number of hydrogen-bond donors (Lipinski definition) is 1. The first-order valence-corrected chi connectivity index (χ1v) is 8.30. The van der Waals surface area contributed by atoms with Gasteiger partial charge in [0.1, 0.15) is 6.61 Å². The third kappa shape index (κ3) is 13.6. The molecule has 0 aliphatic rings. The number of nitrogens with one attached hydrogen (secondary N) is 1. The molecule has 0 bridgehead atoms. The van der Waals surface area contributed by atoms with Crippen molar-refractivity contribution < 1.29 is 14.3 Å². The van der Waals surface area contributed by atoms with E-state index >= 15 is 0 Å². The minimum atomic E-state index is -0.143. The van der Waals surface area contributed by atoms with Crippen molar-refractivity contribution in [3.8, 4) is 0 Å². The molecule has 0 rings (SSSR count). The minimum absolute atomic E-state index is 0.0882. The number of hydrogen-bond acceptors (Lipinski definition) is 4. The summed E-state index contributed by atoms with van der Waals surface area (Å²) in [6, 6.07) is 0. The molecule has 0 aliphatic carbocycles. The van der Waals surface area contributed by atoms with E-state index in [0.717, 1.165) is 24.6 Å². The van der Waals surface area contributed by atoms with Gasteiger partial charge in [-0.2, -0.15) is 0 Å². The van der Waals surface area contributed by atoms with Crippen LogP contribution in [0.25, 0.3) is 0 Å². The van der Waals surface area contributed by atoms with Gasteiger partial charge in [-0.25, -0.2) is 0 Å². The summed E-state index contributed by atoms with van der Waals surface area (Å²) in [7, 11) is 0. The van der Waals surface area contributed by atoms with Crippen molar-refractivity contribution in [3.63, 3.8) is 0 Å². The fraction of sp³-hybridized carbons (Fsp3) is 0.733. The van der Waals surface area contributed by atoms with E-state index in [4.69, 9.17) is 4.74 Å². The fourth-order valence-electron chi connectivity index (χ4n) is 1.57. The SMILES string of the molecule is CCCCCCCCNC(=O)C=CSC(=O)COCC. The van der Waals surface area contributed by atoms with Gasteiger partial charge in [0.15, 0.2) is 0 Å². The van der Waals surface area contributed by atoms with Crippen molar-refractivity contribution in [1.82, 2.24) is 5.32 Å². The molecule has 0 aromatic heterocycles. The molecule has 4 nitrogen and oxygen atoms in total. The summed E-state index contributed by atoms with van der Waals surface area (Å²) in [4.78, 5) is 22.6. The second kappa shape index (κ2) is 14.6. The van der Waals surface area contributed by atoms with E-state index in [1.54, 1.807) is 0 Å². The van der Waals surface area contributed by atoms with Gasteiger partial charge >= 0.3 is 0 Å². The summed E-state index contributed by atoms with van der Waals surface area (Å²) in [5.74, 6) is -0.143. The highest BCUT2D eigenvalue weighted by Gasteiger charge is 2.00. The Morgan fingerprint density at radius 2 is 1.80 bits per heavy atom. The molecule has 1 N–H and O–H groups in total. The first-order valence-electron chi connectivity index (χ1n) is 7.42. The highest BCUT2D eigenvalue weighted by atomic mass is 32.2. The van der Waals surface area contributed by atoms with Crippen LogP contribution in [0.3, 0.4) is 0 Å². The summed E-state index contributed by atoms with van der Waals surface area (Å²) in [6.07, 6.45) is 8.63. The lowest BCUT2D eigenvalue weighted by Crippen LogP contribution is -2.21. The normalized spacial score (nSPS) is 10.9. The summed E-state index contributed by atoms with van der Waals surface area (Å²) in [5.41, 5.74) is 0. The lowest BCUT2D eigenvalue weighted by atomic mass is 10.1. The topological polar surface area (TPSA) is 55.4 Å². The van der Waals surface area contributed by atoms with Crippen LogP contribution in [0.15, 0.2) is 11.5 Å². The predicted octanol–water partition coefficient (Wildman–Crippen LogP) is 3.27. The molecule has 0 fully saturated rings. The molecule has 0 saturated heterocycles. The number of amides is 1. The van der Waals surface area contributed by atoms with Gasteiger partial charge in [0.2, 0.25) is 11.0 Å². The molecule has 0 radical (unpaired) electrons. The third-order valence-electron chi connectivity index (χ3n) is 2.67. The fourth-order valence-corrected chi connectivity index (χ4v) is 2.06. The van der Waals surface area contributed by atoms with Crippen LogP contribution in [0.1, 0.15) is 52.4 Å². The van der Waals surface area contributed by atoms with Crippen LogP contribution in [-0.2, 0) is 14.3 Å². The van der Waals surface area contributed by atoms with Crippen molar-refractivity contribution in [2.45, 2.75) is 52.4 Å². The van der Waals surface area contributed by atoms with Crippen LogP contribution in [0, 0.1) is 0 Å². The second-order valence-corrected chi connectivity index (χ2v) is 5.45. The van der Waals surface area contributed by atoms with E-state index in [1.807, 2.05) is 6.92 Å². The Morgan fingerprint density at radius 1 is 1.10 bits per heavy atom. The zero-order valence-corrected chi connectivity index (χ0v) is 13.5. The maximum atomic E-state index is 11.4. The molecule has 0 aliphatic heterocycles. The molecule has 20 heavy (non-hydrogen) atoms. The van der Waals surface area contributed by atoms with Crippen molar-refractivity contribution in [1.29, 1.82) is 0 Å². The predicted molar refractivity (Wildman–Crippen MR) is 84.6 cm³/mol. The van der Waals surface area contributed by atoms with Gasteiger partial charge in [-0.1, -0.05) is 50.8 Å². The average molecular weight is 301 g/mol. The quantitative estimate of drug-likeness (QED) is 0.444. The summed E-state index contributed by atoms with van der Waals surface area (Å²) in [5, 5.41) is 4.23. The van der Waals surface area contributed by atoms with Gasteiger partial charge in [0.25, 0.3) is 0 Å². The molecule has 0 aromatic rings. The lowest BCUT2D eigenvalue weighted by molar-refractivity contribution is -0.116. The van der Waals surface area contributed by atoms with Crippen LogP contribution in [0.5, 0.6) is 0 Å². The molecule has 0 aromatic carbocycles. The van der Waals surface area contributed by atoms with Gasteiger partial charge in [-0.15, -0.1) is 0 Å². The van der Waals surface area contributed by atoms with Gasteiger partial charge in [-0.3, -0.25) is 9.59 Å². The number of unbranched alkanes of at least 4 members (excludes halogenated alkanes) is 5. The minimum Gasteiger partial charge on any atom is -0.373 e. The molecular formula is C15H27NO3S. The first kappa shape index (κ1) is 19.2. The van der Waals surface area contributed by atoms with Crippen molar-refractivity contribution >= 4 is 22.8 Å². The maximum Gasteiger partial charge on any atom is 0.244 e.